The smallest absolute Gasteiger partial charge is 0.216 e. The zero-order chi connectivity index (χ0) is 25.5. The first-order valence-corrected chi connectivity index (χ1v) is 13.2. The highest BCUT2D eigenvalue weighted by atomic mass is 32.2. The fraction of sp³-hybridized carbons (Fsp3) is 0.172. The molecule has 0 aliphatic heterocycles. The van der Waals surface area contributed by atoms with E-state index in [1.165, 1.54) is 18.2 Å². The third kappa shape index (κ3) is 5.56. The lowest BCUT2D eigenvalue weighted by Gasteiger charge is -2.07. The molecule has 0 spiro atoms. The van der Waals surface area contributed by atoms with E-state index in [1.54, 1.807) is 23.0 Å². The van der Waals surface area contributed by atoms with E-state index in [1.807, 2.05) is 67.6 Å². The minimum atomic E-state index is -4.01. The number of hydrogen-bond acceptors (Lipinski definition) is 5. The monoisotopic (exact) mass is 497 g/mol. The number of nitrogens with zero attached hydrogens (tertiary/aromatic N) is 3. The summed E-state index contributed by atoms with van der Waals surface area (Å²) >= 11 is 0. The van der Waals surface area contributed by atoms with Crippen molar-refractivity contribution in [3.8, 4) is 28.8 Å². The first-order valence-electron chi connectivity index (χ1n) is 11.7. The second kappa shape index (κ2) is 11.1. The van der Waals surface area contributed by atoms with Gasteiger partial charge in [0.1, 0.15) is 22.4 Å². The molecule has 1 aromatic heterocycles. The molecule has 6 nitrogen and oxygen atoms in total. The van der Waals surface area contributed by atoms with Crippen LogP contribution in [0.25, 0.3) is 23.0 Å². The molecule has 0 N–H and O–H groups in total. The average molecular weight is 498 g/mol. The second-order valence-electron chi connectivity index (χ2n) is 8.38. The van der Waals surface area contributed by atoms with Crippen molar-refractivity contribution in [1.29, 1.82) is 5.26 Å². The van der Waals surface area contributed by atoms with Crippen LogP contribution in [0.4, 0.5) is 0 Å². The van der Waals surface area contributed by atoms with Crippen LogP contribution in [0.15, 0.2) is 94.9 Å². The number of nitriles is 1. The first-order chi connectivity index (χ1) is 17.4. The number of sulfone groups is 1. The summed E-state index contributed by atoms with van der Waals surface area (Å²) in [5, 5.41) is 14.6. The first kappa shape index (κ1) is 25.0. The summed E-state index contributed by atoms with van der Waals surface area (Å²) in [6.45, 7) is 4.59. The molecule has 0 radical (unpaired) electrons. The Morgan fingerprint density at radius 1 is 1.06 bits per heavy atom. The third-order valence-electron chi connectivity index (χ3n) is 5.65. The van der Waals surface area contributed by atoms with E-state index in [-0.39, 0.29) is 9.80 Å². The van der Waals surface area contributed by atoms with E-state index in [9.17, 15) is 13.7 Å². The van der Waals surface area contributed by atoms with Crippen LogP contribution in [-0.4, -0.2) is 24.8 Å². The van der Waals surface area contributed by atoms with Crippen molar-refractivity contribution in [3.63, 3.8) is 0 Å². The van der Waals surface area contributed by atoms with Crippen LogP contribution < -0.4 is 4.74 Å². The van der Waals surface area contributed by atoms with Crippen LogP contribution in [-0.2, 0) is 9.84 Å². The predicted octanol–water partition coefficient (Wildman–Crippen LogP) is 6.37. The normalized spacial score (nSPS) is 11.8. The van der Waals surface area contributed by atoms with Gasteiger partial charge in [0.05, 0.1) is 17.2 Å². The molecule has 0 atom stereocenters. The predicted molar refractivity (Wildman–Crippen MR) is 141 cm³/mol. The van der Waals surface area contributed by atoms with Gasteiger partial charge in [-0.05, 0) is 55.8 Å². The highest BCUT2D eigenvalue weighted by molar-refractivity contribution is 7.95. The number of benzene rings is 3. The van der Waals surface area contributed by atoms with E-state index >= 15 is 0 Å². The van der Waals surface area contributed by atoms with Gasteiger partial charge in [-0.15, -0.1) is 0 Å². The summed E-state index contributed by atoms with van der Waals surface area (Å²) in [6, 6.07) is 25.4. The number of unbranched alkanes of at least 4 members (excludes halogenated alkanes) is 1. The van der Waals surface area contributed by atoms with Crippen LogP contribution in [0, 0.1) is 18.3 Å². The van der Waals surface area contributed by atoms with Crippen molar-refractivity contribution in [2.75, 3.05) is 6.61 Å². The lowest BCUT2D eigenvalue weighted by Crippen LogP contribution is -2.03. The minimum absolute atomic E-state index is 0.0734. The third-order valence-corrected chi connectivity index (χ3v) is 7.34. The molecule has 0 fully saturated rings. The molecule has 0 aliphatic carbocycles. The molecular formula is C29H27N3O3S. The van der Waals surface area contributed by atoms with Crippen LogP contribution in [0.3, 0.4) is 0 Å². The van der Waals surface area contributed by atoms with E-state index in [2.05, 4.69) is 6.92 Å². The molecule has 0 saturated carbocycles. The molecule has 7 heteroatoms. The number of para-hydroxylation sites is 1. The van der Waals surface area contributed by atoms with Gasteiger partial charge in [0, 0.05) is 17.3 Å². The molecule has 0 amide bonds. The number of allylic oxidation sites excluding steroid dienone is 1. The van der Waals surface area contributed by atoms with Crippen LogP contribution in [0.1, 0.15) is 30.9 Å². The second-order valence-corrected chi connectivity index (χ2v) is 10.3. The lowest BCUT2D eigenvalue weighted by atomic mass is 10.1. The lowest BCUT2D eigenvalue weighted by molar-refractivity contribution is 0.309. The van der Waals surface area contributed by atoms with Gasteiger partial charge in [0.2, 0.25) is 9.84 Å². The molecule has 1 heterocycles. The largest absolute Gasteiger partial charge is 0.494 e. The Hall–Kier alpha value is -4.15. The Morgan fingerprint density at radius 3 is 2.50 bits per heavy atom. The Labute approximate surface area is 212 Å². The van der Waals surface area contributed by atoms with Gasteiger partial charge < -0.3 is 4.74 Å². The quantitative estimate of drug-likeness (QED) is 0.198. The Morgan fingerprint density at radius 2 is 1.81 bits per heavy atom. The number of aryl methyl sites for hydroxylation is 1. The summed E-state index contributed by atoms with van der Waals surface area (Å²) in [4.78, 5) is -0.278. The summed E-state index contributed by atoms with van der Waals surface area (Å²) in [5.74, 6) is 0.706. The van der Waals surface area contributed by atoms with E-state index < -0.39 is 9.84 Å². The topological polar surface area (TPSA) is 85.0 Å². The van der Waals surface area contributed by atoms with Gasteiger partial charge in [0.25, 0.3) is 0 Å². The Kier molecular flexibility index (Phi) is 7.67. The molecule has 3 aromatic carbocycles. The van der Waals surface area contributed by atoms with Crippen molar-refractivity contribution in [2.45, 2.75) is 31.6 Å². The van der Waals surface area contributed by atoms with Crippen molar-refractivity contribution >= 4 is 15.9 Å². The SMILES string of the molecule is CCCCOc1cccc(-c2nn(-c3ccccc3)cc2/C=C(/C#N)S(=O)(=O)c2ccc(C)cc2)c1. The van der Waals surface area contributed by atoms with Gasteiger partial charge in [-0.3, -0.25) is 0 Å². The Bertz CT molecular complexity index is 1510. The van der Waals surface area contributed by atoms with E-state index in [0.717, 1.165) is 29.7 Å². The number of hydrogen-bond donors (Lipinski definition) is 0. The summed E-state index contributed by atoms with van der Waals surface area (Å²) < 4.78 is 34.1. The molecule has 36 heavy (non-hydrogen) atoms. The molecule has 0 aliphatic rings. The molecule has 0 saturated heterocycles. The number of ether oxygens (including phenoxy) is 1. The number of rotatable bonds is 9. The van der Waals surface area contributed by atoms with Gasteiger partial charge in [-0.25, -0.2) is 13.1 Å². The van der Waals surface area contributed by atoms with Crippen molar-refractivity contribution in [2.24, 2.45) is 0 Å². The van der Waals surface area contributed by atoms with E-state index in [4.69, 9.17) is 9.84 Å². The average Bonchev–Trinajstić information content (AvgIpc) is 3.32. The van der Waals surface area contributed by atoms with Gasteiger partial charge >= 0.3 is 0 Å². The van der Waals surface area contributed by atoms with Gasteiger partial charge in [-0.1, -0.05) is 61.4 Å². The summed E-state index contributed by atoms with van der Waals surface area (Å²) in [7, 11) is -4.01. The maximum absolute atomic E-state index is 13.3. The molecular weight excluding hydrogens is 470 g/mol. The maximum Gasteiger partial charge on any atom is 0.216 e. The molecule has 0 bridgehead atoms. The maximum atomic E-state index is 13.3. The van der Waals surface area contributed by atoms with Crippen LogP contribution in [0.5, 0.6) is 5.75 Å². The number of aromatic nitrogens is 2. The summed E-state index contributed by atoms with van der Waals surface area (Å²) in [5.41, 5.74) is 3.57. The highest BCUT2D eigenvalue weighted by Crippen LogP contribution is 2.30. The molecule has 182 valence electrons. The zero-order valence-electron chi connectivity index (χ0n) is 20.3. The van der Waals surface area contributed by atoms with Crippen LogP contribution in [0.2, 0.25) is 0 Å². The molecule has 4 aromatic rings. The van der Waals surface area contributed by atoms with Crippen molar-refractivity contribution in [3.05, 3.63) is 101 Å². The minimum Gasteiger partial charge on any atom is -0.494 e. The van der Waals surface area contributed by atoms with Gasteiger partial charge in [0.15, 0.2) is 0 Å². The molecule has 4 rings (SSSR count). The van der Waals surface area contributed by atoms with E-state index in [0.29, 0.717) is 23.6 Å². The zero-order valence-corrected chi connectivity index (χ0v) is 21.1. The standard InChI is InChI=1S/C29H27N3O3S/c1-3-4-17-35-26-12-8-9-23(18-26)29-24(21-32(31-29)25-10-6-5-7-11-25)19-28(20-30)36(33,34)27-15-13-22(2)14-16-27/h5-16,18-19,21H,3-4,17H2,1-2H3/b28-19-. The Balaban J connectivity index is 1.82. The van der Waals surface area contributed by atoms with Crippen molar-refractivity contribution < 1.29 is 13.2 Å². The fourth-order valence-electron chi connectivity index (χ4n) is 3.65. The van der Waals surface area contributed by atoms with Gasteiger partial charge in [-0.2, -0.15) is 10.4 Å². The van der Waals surface area contributed by atoms with Crippen LogP contribution >= 0.6 is 0 Å². The highest BCUT2D eigenvalue weighted by Gasteiger charge is 2.22. The molecule has 0 unspecified atom stereocenters. The fourth-order valence-corrected chi connectivity index (χ4v) is 4.80. The summed E-state index contributed by atoms with van der Waals surface area (Å²) in [6.07, 6.45) is 5.10. The van der Waals surface area contributed by atoms with Crippen molar-refractivity contribution in [1.82, 2.24) is 9.78 Å².